The number of nitrogens with one attached hydrogen (secondary N) is 2. The Morgan fingerprint density at radius 3 is 2.45 bits per heavy atom. The Kier molecular flexibility index (Phi) is 4.81. The van der Waals surface area contributed by atoms with Crippen molar-refractivity contribution in [3.05, 3.63) is 11.9 Å². The molecule has 1 aromatic heterocycles. The first-order valence-electron chi connectivity index (χ1n) is 7.49. The van der Waals surface area contributed by atoms with Crippen molar-refractivity contribution in [2.24, 2.45) is 5.41 Å². The molecule has 5 nitrogen and oxygen atoms in total. The average molecular weight is 278 g/mol. The Morgan fingerprint density at radius 1 is 1.25 bits per heavy atom. The molecule has 0 aliphatic heterocycles. The van der Waals surface area contributed by atoms with Crippen LogP contribution in [0.15, 0.2) is 6.33 Å². The van der Waals surface area contributed by atoms with Gasteiger partial charge in [0.05, 0.1) is 6.61 Å². The molecule has 1 heterocycles. The lowest BCUT2D eigenvalue weighted by Gasteiger charge is -2.28. The third-order valence-corrected chi connectivity index (χ3v) is 4.33. The van der Waals surface area contributed by atoms with Crippen LogP contribution in [0.3, 0.4) is 0 Å². The van der Waals surface area contributed by atoms with Crippen molar-refractivity contribution in [2.75, 3.05) is 30.8 Å². The van der Waals surface area contributed by atoms with Gasteiger partial charge in [-0.05, 0) is 18.8 Å². The van der Waals surface area contributed by atoms with Crippen LogP contribution >= 0.6 is 0 Å². The third kappa shape index (κ3) is 3.03. The predicted octanol–water partition coefficient (Wildman–Crippen LogP) is 2.61. The molecule has 112 valence electrons. The van der Waals surface area contributed by atoms with Gasteiger partial charge in [-0.15, -0.1) is 0 Å². The number of nitrogens with zero attached hydrogens (tertiary/aromatic N) is 2. The van der Waals surface area contributed by atoms with E-state index in [1.54, 1.807) is 6.33 Å². The van der Waals surface area contributed by atoms with Gasteiger partial charge in [0.2, 0.25) is 0 Å². The molecule has 0 saturated heterocycles. The van der Waals surface area contributed by atoms with E-state index >= 15 is 0 Å². The fourth-order valence-electron chi connectivity index (χ4n) is 3.07. The Hall–Kier alpha value is -1.36. The summed E-state index contributed by atoms with van der Waals surface area (Å²) in [5.41, 5.74) is 1.14. The van der Waals surface area contributed by atoms with Crippen LogP contribution in [0.5, 0.6) is 0 Å². The first kappa shape index (κ1) is 15.0. The number of aromatic nitrogens is 2. The van der Waals surface area contributed by atoms with Crippen LogP contribution < -0.4 is 10.6 Å². The van der Waals surface area contributed by atoms with Gasteiger partial charge in [-0.2, -0.15) is 0 Å². The predicted molar refractivity (Wildman–Crippen MR) is 82.1 cm³/mol. The van der Waals surface area contributed by atoms with E-state index in [0.717, 1.165) is 36.6 Å². The van der Waals surface area contributed by atoms with E-state index in [1.165, 1.54) is 12.8 Å². The molecule has 1 aliphatic rings. The van der Waals surface area contributed by atoms with E-state index in [9.17, 15) is 5.11 Å². The summed E-state index contributed by atoms with van der Waals surface area (Å²) in [7, 11) is 1.88. The molecule has 0 bridgehead atoms. The highest BCUT2D eigenvalue weighted by Gasteiger charge is 2.33. The van der Waals surface area contributed by atoms with Gasteiger partial charge in [-0.25, -0.2) is 9.97 Å². The molecule has 0 amide bonds. The SMILES string of the molecule is CNc1ncnc(NCC2(CO)CCCC2)c1C(C)C. The summed E-state index contributed by atoms with van der Waals surface area (Å²) in [5.74, 6) is 2.11. The van der Waals surface area contributed by atoms with Crippen LogP contribution in [0.25, 0.3) is 0 Å². The Labute approximate surface area is 121 Å². The highest BCUT2D eigenvalue weighted by molar-refractivity contribution is 5.58. The Balaban J connectivity index is 2.16. The number of aliphatic hydroxyl groups is 1. The van der Waals surface area contributed by atoms with Crippen LogP contribution in [0.2, 0.25) is 0 Å². The molecule has 20 heavy (non-hydrogen) atoms. The van der Waals surface area contributed by atoms with Crippen molar-refractivity contribution in [3.63, 3.8) is 0 Å². The maximum atomic E-state index is 9.69. The van der Waals surface area contributed by atoms with Crippen LogP contribution in [-0.4, -0.2) is 35.3 Å². The summed E-state index contributed by atoms with van der Waals surface area (Å²) in [6.45, 7) is 5.31. The minimum atomic E-state index is 0.0268. The fraction of sp³-hybridized carbons (Fsp3) is 0.733. The van der Waals surface area contributed by atoms with Crippen molar-refractivity contribution in [2.45, 2.75) is 45.4 Å². The van der Waals surface area contributed by atoms with E-state index in [0.29, 0.717) is 5.92 Å². The minimum absolute atomic E-state index is 0.0268. The topological polar surface area (TPSA) is 70.1 Å². The van der Waals surface area contributed by atoms with Crippen molar-refractivity contribution in [1.82, 2.24) is 9.97 Å². The van der Waals surface area contributed by atoms with Crippen LogP contribution in [0.4, 0.5) is 11.6 Å². The van der Waals surface area contributed by atoms with Gasteiger partial charge in [0, 0.05) is 24.6 Å². The van der Waals surface area contributed by atoms with Crippen LogP contribution in [-0.2, 0) is 0 Å². The summed E-state index contributed by atoms with van der Waals surface area (Å²) < 4.78 is 0. The molecule has 0 atom stereocenters. The first-order valence-corrected chi connectivity index (χ1v) is 7.49. The quantitative estimate of drug-likeness (QED) is 0.746. The van der Waals surface area contributed by atoms with Gasteiger partial charge >= 0.3 is 0 Å². The van der Waals surface area contributed by atoms with Crippen LogP contribution in [0.1, 0.15) is 51.0 Å². The van der Waals surface area contributed by atoms with Crippen molar-refractivity contribution in [3.8, 4) is 0 Å². The molecule has 0 unspecified atom stereocenters. The Morgan fingerprint density at radius 2 is 1.90 bits per heavy atom. The van der Waals surface area contributed by atoms with Crippen molar-refractivity contribution < 1.29 is 5.11 Å². The summed E-state index contributed by atoms with van der Waals surface area (Å²) in [6, 6.07) is 0. The van der Waals surface area contributed by atoms with Gasteiger partial charge in [0.1, 0.15) is 18.0 Å². The van der Waals surface area contributed by atoms with Gasteiger partial charge in [0.15, 0.2) is 0 Å². The molecule has 5 heteroatoms. The highest BCUT2D eigenvalue weighted by atomic mass is 16.3. The molecule has 1 fully saturated rings. The molecule has 3 N–H and O–H groups in total. The van der Waals surface area contributed by atoms with Gasteiger partial charge in [0.25, 0.3) is 0 Å². The number of aliphatic hydroxyl groups excluding tert-OH is 1. The average Bonchev–Trinajstić information content (AvgIpc) is 2.93. The second-order valence-corrected chi connectivity index (χ2v) is 6.11. The second kappa shape index (κ2) is 6.39. The van der Waals surface area contributed by atoms with Gasteiger partial charge < -0.3 is 15.7 Å². The monoisotopic (exact) mass is 278 g/mol. The number of rotatable bonds is 6. The van der Waals surface area contributed by atoms with E-state index in [1.807, 2.05) is 7.05 Å². The van der Waals surface area contributed by atoms with E-state index in [2.05, 4.69) is 34.4 Å². The maximum Gasteiger partial charge on any atom is 0.135 e. The van der Waals surface area contributed by atoms with Crippen molar-refractivity contribution >= 4 is 11.6 Å². The molecule has 1 saturated carbocycles. The molecule has 2 rings (SSSR count). The van der Waals surface area contributed by atoms with Gasteiger partial charge in [-0.1, -0.05) is 26.7 Å². The standard InChI is InChI=1S/C15H26N4O/c1-11(2)12-13(16-3)18-10-19-14(12)17-8-15(9-20)6-4-5-7-15/h10-11,20H,4-9H2,1-3H3,(H2,16,17,18,19). The number of anilines is 2. The first-order chi connectivity index (χ1) is 9.62. The minimum Gasteiger partial charge on any atom is -0.396 e. The van der Waals surface area contributed by atoms with Gasteiger partial charge in [-0.3, -0.25) is 0 Å². The molecular weight excluding hydrogens is 252 g/mol. The molecular formula is C15H26N4O. The van der Waals surface area contributed by atoms with Crippen LogP contribution in [0, 0.1) is 5.41 Å². The maximum absolute atomic E-state index is 9.69. The lowest BCUT2D eigenvalue weighted by Crippen LogP contribution is -2.31. The summed E-state index contributed by atoms with van der Waals surface area (Å²) in [4.78, 5) is 8.68. The van der Waals surface area contributed by atoms with E-state index in [-0.39, 0.29) is 12.0 Å². The molecule has 0 radical (unpaired) electrons. The summed E-state index contributed by atoms with van der Waals surface area (Å²) in [6.07, 6.45) is 6.20. The second-order valence-electron chi connectivity index (χ2n) is 6.11. The number of hydrogen-bond acceptors (Lipinski definition) is 5. The number of hydrogen-bond donors (Lipinski definition) is 3. The summed E-state index contributed by atoms with van der Waals surface area (Å²) in [5, 5.41) is 16.3. The highest BCUT2D eigenvalue weighted by Crippen LogP contribution is 2.38. The normalized spacial score (nSPS) is 17.4. The molecule has 0 aromatic carbocycles. The molecule has 1 aromatic rings. The lowest BCUT2D eigenvalue weighted by atomic mass is 9.87. The largest absolute Gasteiger partial charge is 0.396 e. The zero-order valence-corrected chi connectivity index (χ0v) is 12.7. The smallest absolute Gasteiger partial charge is 0.135 e. The molecule has 0 spiro atoms. The Bertz CT molecular complexity index is 441. The van der Waals surface area contributed by atoms with Crippen molar-refractivity contribution in [1.29, 1.82) is 0 Å². The lowest BCUT2D eigenvalue weighted by molar-refractivity contribution is 0.142. The zero-order chi connectivity index (χ0) is 14.6. The molecule has 1 aliphatic carbocycles. The van der Waals surface area contributed by atoms with E-state index < -0.39 is 0 Å². The summed E-state index contributed by atoms with van der Waals surface area (Å²) >= 11 is 0. The van der Waals surface area contributed by atoms with E-state index in [4.69, 9.17) is 0 Å². The fourth-order valence-corrected chi connectivity index (χ4v) is 3.07. The zero-order valence-electron chi connectivity index (χ0n) is 12.7. The third-order valence-electron chi connectivity index (χ3n) is 4.33.